The second-order valence-electron chi connectivity index (χ2n) is 7.53. The van der Waals surface area contributed by atoms with Crippen LogP contribution >= 0.6 is 0 Å². The zero-order valence-corrected chi connectivity index (χ0v) is 15.8. The normalized spacial score (nSPS) is 20.4. The first kappa shape index (κ1) is 18.5. The van der Waals surface area contributed by atoms with E-state index in [-0.39, 0.29) is 5.91 Å². The van der Waals surface area contributed by atoms with Gasteiger partial charge in [-0.2, -0.15) is 0 Å². The lowest BCUT2D eigenvalue weighted by Crippen LogP contribution is -2.54. The molecule has 26 heavy (non-hydrogen) atoms. The van der Waals surface area contributed by atoms with E-state index in [0.717, 1.165) is 29.8 Å². The first-order valence-electron chi connectivity index (χ1n) is 9.07. The number of piperidine rings is 1. The van der Waals surface area contributed by atoms with Crippen LogP contribution in [-0.2, 0) is 0 Å². The summed E-state index contributed by atoms with van der Waals surface area (Å²) in [6.45, 7) is 3.60. The molecule has 138 valence electrons. The van der Waals surface area contributed by atoms with Crippen LogP contribution in [0.15, 0.2) is 42.5 Å². The zero-order chi connectivity index (χ0) is 18.7. The maximum Gasteiger partial charge on any atom is 0.253 e. The average Bonchev–Trinajstić information content (AvgIpc) is 2.60. The summed E-state index contributed by atoms with van der Waals surface area (Å²) in [6.07, 6.45) is 1.55. The van der Waals surface area contributed by atoms with E-state index in [9.17, 15) is 9.90 Å². The number of hydrogen-bond acceptors (Lipinski definition) is 4. The first-order chi connectivity index (χ1) is 12.4. The highest BCUT2D eigenvalue weighted by molar-refractivity contribution is 5.94. The molecular weight excluding hydrogens is 326 g/mol. The van der Waals surface area contributed by atoms with Gasteiger partial charge >= 0.3 is 0 Å². The number of amides is 1. The lowest BCUT2D eigenvalue weighted by Gasteiger charge is -2.40. The Bertz CT molecular complexity index is 773. The molecule has 0 saturated carbocycles. The van der Waals surface area contributed by atoms with E-state index in [2.05, 4.69) is 4.98 Å². The van der Waals surface area contributed by atoms with Gasteiger partial charge in [0.1, 0.15) is 0 Å². The van der Waals surface area contributed by atoms with Crippen LogP contribution in [0.5, 0.6) is 0 Å². The molecule has 1 aromatic carbocycles. The van der Waals surface area contributed by atoms with Gasteiger partial charge in [-0.3, -0.25) is 9.78 Å². The second kappa shape index (κ2) is 7.56. The van der Waals surface area contributed by atoms with Gasteiger partial charge in [0.25, 0.3) is 5.91 Å². The van der Waals surface area contributed by atoms with Crippen molar-refractivity contribution in [1.82, 2.24) is 14.8 Å². The molecule has 3 rings (SSSR count). The molecule has 0 spiro atoms. The van der Waals surface area contributed by atoms with E-state index in [4.69, 9.17) is 0 Å². The summed E-state index contributed by atoms with van der Waals surface area (Å²) >= 11 is 0. The molecular formula is C21H27N3O2. The van der Waals surface area contributed by atoms with Crippen molar-refractivity contribution in [2.24, 2.45) is 0 Å². The van der Waals surface area contributed by atoms with Crippen molar-refractivity contribution in [3.05, 3.63) is 53.7 Å². The van der Waals surface area contributed by atoms with Crippen LogP contribution in [-0.4, -0.2) is 65.1 Å². The number of aliphatic hydroxyl groups is 1. The Morgan fingerprint density at radius 1 is 1.23 bits per heavy atom. The SMILES string of the molecule is Cc1cccc(-c2ccc(C(=O)N3CCC[C@@](O)(CN(C)C)C3)cc2)n1. The Morgan fingerprint density at radius 2 is 1.96 bits per heavy atom. The van der Waals surface area contributed by atoms with Crippen LogP contribution in [0.1, 0.15) is 28.9 Å². The van der Waals surface area contributed by atoms with E-state index in [0.29, 0.717) is 25.2 Å². The molecule has 1 aromatic heterocycles. The van der Waals surface area contributed by atoms with Gasteiger partial charge in [-0.25, -0.2) is 0 Å². The number of β-amino-alcohol motifs (C(OH)–C–C–N with tert-alkyl or cyclic N) is 1. The number of nitrogens with zero attached hydrogens (tertiary/aromatic N) is 3. The molecule has 1 fully saturated rings. The molecule has 1 aliphatic heterocycles. The number of likely N-dealkylation sites (tertiary alicyclic amines) is 1. The number of likely N-dealkylation sites (N-methyl/N-ethyl adjacent to an activating group) is 1. The molecule has 1 aliphatic rings. The topological polar surface area (TPSA) is 56.7 Å². The first-order valence-corrected chi connectivity index (χ1v) is 9.07. The van der Waals surface area contributed by atoms with Gasteiger partial charge in [0.05, 0.1) is 17.8 Å². The Hall–Kier alpha value is -2.24. The molecule has 0 unspecified atom stereocenters. The van der Waals surface area contributed by atoms with Gasteiger partial charge < -0.3 is 14.9 Å². The van der Waals surface area contributed by atoms with Crippen LogP contribution in [0.3, 0.4) is 0 Å². The molecule has 5 heteroatoms. The van der Waals surface area contributed by atoms with Crippen LogP contribution in [0.25, 0.3) is 11.3 Å². The smallest absolute Gasteiger partial charge is 0.253 e. The molecule has 0 aliphatic carbocycles. The van der Waals surface area contributed by atoms with Crippen LogP contribution < -0.4 is 0 Å². The second-order valence-corrected chi connectivity index (χ2v) is 7.53. The third kappa shape index (κ3) is 4.29. The number of pyridine rings is 1. The van der Waals surface area contributed by atoms with Crippen LogP contribution in [0.4, 0.5) is 0 Å². The van der Waals surface area contributed by atoms with E-state index >= 15 is 0 Å². The van der Waals surface area contributed by atoms with Crippen molar-refractivity contribution in [3.63, 3.8) is 0 Å². The number of carbonyl (C=O) groups excluding carboxylic acids is 1. The van der Waals surface area contributed by atoms with Gasteiger partial charge in [0.2, 0.25) is 0 Å². The van der Waals surface area contributed by atoms with Crippen LogP contribution in [0.2, 0.25) is 0 Å². The predicted octanol–water partition coefficient (Wildman–Crippen LogP) is 2.59. The van der Waals surface area contributed by atoms with E-state index < -0.39 is 5.60 Å². The Balaban J connectivity index is 1.73. The number of rotatable bonds is 4. The fourth-order valence-corrected chi connectivity index (χ4v) is 3.67. The monoisotopic (exact) mass is 353 g/mol. The maximum absolute atomic E-state index is 12.9. The highest BCUT2D eigenvalue weighted by Crippen LogP contribution is 2.24. The highest BCUT2D eigenvalue weighted by Gasteiger charge is 2.35. The minimum Gasteiger partial charge on any atom is -0.387 e. The molecule has 2 heterocycles. The van der Waals surface area contributed by atoms with Crippen molar-refractivity contribution in [2.75, 3.05) is 33.7 Å². The molecule has 5 nitrogen and oxygen atoms in total. The Morgan fingerprint density at radius 3 is 2.62 bits per heavy atom. The third-order valence-electron chi connectivity index (χ3n) is 4.77. The average molecular weight is 353 g/mol. The zero-order valence-electron chi connectivity index (χ0n) is 15.8. The summed E-state index contributed by atoms with van der Waals surface area (Å²) in [5, 5.41) is 10.8. The molecule has 1 N–H and O–H groups in total. The standard InChI is InChI=1S/C21H27N3O2/c1-16-6-4-7-19(22-16)17-8-10-18(11-9-17)20(25)24-13-5-12-21(26,15-24)14-23(2)3/h4,6-11,26H,5,12-15H2,1-3H3/t21-/m1/s1. The summed E-state index contributed by atoms with van der Waals surface area (Å²) < 4.78 is 0. The summed E-state index contributed by atoms with van der Waals surface area (Å²) in [5.74, 6) is -0.0226. The number of benzene rings is 1. The van der Waals surface area contributed by atoms with Gasteiger partial charge in [-0.1, -0.05) is 18.2 Å². The van der Waals surface area contributed by atoms with Gasteiger partial charge in [-0.05, 0) is 58.1 Å². The quantitative estimate of drug-likeness (QED) is 0.918. The minimum atomic E-state index is -0.831. The fraction of sp³-hybridized carbons (Fsp3) is 0.429. The lowest BCUT2D eigenvalue weighted by molar-refractivity contribution is -0.0391. The molecule has 1 amide bonds. The van der Waals surface area contributed by atoms with Crippen molar-refractivity contribution in [3.8, 4) is 11.3 Å². The van der Waals surface area contributed by atoms with Gasteiger partial charge in [-0.15, -0.1) is 0 Å². The summed E-state index contributed by atoms with van der Waals surface area (Å²) in [5.41, 5.74) is 2.69. The Kier molecular flexibility index (Phi) is 5.39. The molecule has 1 atom stereocenters. The van der Waals surface area contributed by atoms with Crippen molar-refractivity contribution >= 4 is 5.91 Å². The van der Waals surface area contributed by atoms with E-state index in [1.54, 1.807) is 4.90 Å². The minimum absolute atomic E-state index is 0.0226. The molecule has 1 saturated heterocycles. The van der Waals surface area contributed by atoms with Gasteiger partial charge in [0.15, 0.2) is 0 Å². The molecule has 2 aromatic rings. The number of aryl methyl sites for hydroxylation is 1. The summed E-state index contributed by atoms with van der Waals surface area (Å²) in [6, 6.07) is 13.5. The van der Waals surface area contributed by atoms with Gasteiger partial charge in [0, 0.05) is 29.9 Å². The van der Waals surface area contributed by atoms with Crippen molar-refractivity contribution in [1.29, 1.82) is 0 Å². The number of carbonyl (C=O) groups is 1. The molecule has 0 bridgehead atoms. The summed E-state index contributed by atoms with van der Waals surface area (Å²) in [7, 11) is 3.88. The Labute approximate surface area is 155 Å². The molecule has 0 radical (unpaired) electrons. The predicted molar refractivity (Wildman–Crippen MR) is 103 cm³/mol. The maximum atomic E-state index is 12.9. The lowest BCUT2D eigenvalue weighted by atomic mass is 9.92. The highest BCUT2D eigenvalue weighted by atomic mass is 16.3. The summed E-state index contributed by atoms with van der Waals surface area (Å²) in [4.78, 5) is 21.1. The third-order valence-corrected chi connectivity index (χ3v) is 4.77. The van der Waals surface area contributed by atoms with Crippen LogP contribution in [0, 0.1) is 6.92 Å². The van der Waals surface area contributed by atoms with E-state index in [1.807, 2.05) is 68.4 Å². The van der Waals surface area contributed by atoms with E-state index in [1.165, 1.54) is 0 Å². The van der Waals surface area contributed by atoms with Crippen molar-refractivity contribution < 1.29 is 9.90 Å². The number of aromatic nitrogens is 1. The number of hydrogen-bond donors (Lipinski definition) is 1. The largest absolute Gasteiger partial charge is 0.387 e. The fourth-order valence-electron chi connectivity index (χ4n) is 3.67. The van der Waals surface area contributed by atoms with Crippen molar-refractivity contribution in [2.45, 2.75) is 25.4 Å².